The molecule has 2 N–H and O–H groups in total. The van der Waals surface area contributed by atoms with Crippen LogP contribution in [0.5, 0.6) is 5.75 Å². The van der Waals surface area contributed by atoms with Gasteiger partial charge in [0, 0.05) is 23.8 Å². The molecule has 1 heterocycles. The summed E-state index contributed by atoms with van der Waals surface area (Å²) in [4.78, 5) is 0. The van der Waals surface area contributed by atoms with Crippen molar-refractivity contribution < 1.29 is 4.74 Å². The van der Waals surface area contributed by atoms with Gasteiger partial charge in [-0.1, -0.05) is 28.4 Å². The van der Waals surface area contributed by atoms with E-state index in [9.17, 15) is 0 Å². The molecule has 2 aromatic rings. The first-order valence-corrected chi connectivity index (χ1v) is 6.11. The Morgan fingerprint density at radius 1 is 1.33 bits per heavy atom. The lowest BCUT2D eigenvalue weighted by Gasteiger charge is -2.07. The van der Waals surface area contributed by atoms with E-state index in [1.165, 1.54) is 0 Å². The fourth-order valence-electron chi connectivity index (χ4n) is 1.38. The van der Waals surface area contributed by atoms with Crippen LogP contribution in [0.15, 0.2) is 24.4 Å². The Morgan fingerprint density at radius 2 is 2.17 bits per heavy atom. The fourth-order valence-corrected chi connectivity index (χ4v) is 1.71. The van der Waals surface area contributed by atoms with Crippen LogP contribution in [0, 0.1) is 0 Å². The van der Waals surface area contributed by atoms with Crippen LogP contribution in [-0.4, -0.2) is 21.6 Å². The van der Waals surface area contributed by atoms with Gasteiger partial charge in [-0.15, -0.1) is 5.10 Å². The summed E-state index contributed by atoms with van der Waals surface area (Å²) >= 11 is 11.8. The minimum atomic E-state index is 0.376. The number of ether oxygens (including phenoxy) is 1. The topological polar surface area (TPSA) is 66.0 Å². The number of nitrogens with two attached hydrogens (primary N) is 1. The zero-order valence-electron chi connectivity index (χ0n) is 9.51. The van der Waals surface area contributed by atoms with Crippen molar-refractivity contribution in [2.75, 3.05) is 6.61 Å². The Hall–Kier alpha value is -1.30. The molecule has 0 saturated carbocycles. The highest BCUT2D eigenvalue weighted by molar-refractivity contribution is 6.34. The van der Waals surface area contributed by atoms with E-state index in [4.69, 9.17) is 33.7 Å². The Balaban J connectivity index is 1.90. The number of nitrogens with zero attached hydrogens (tertiary/aromatic N) is 3. The SMILES string of the molecule is NCc1cn(CCOc2cc(Cl)ccc2Cl)nn1. The molecule has 2 rings (SSSR count). The highest BCUT2D eigenvalue weighted by Gasteiger charge is 2.03. The van der Waals surface area contributed by atoms with Crippen LogP contribution in [-0.2, 0) is 13.1 Å². The Bertz CT molecular complexity index is 530. The van der Waals surface area contributed by atoms with Crippen LogP contribution in [0.25, 0.3) is 0 Å². The Labute approximate surface area is 114 Å². The summed E-state index contributed by atoms with van der Waals surface area (Å²) < 4.78 is 7.20. The minimum Gasteiger partial charge on any atom is -0.490 e. The van der Waals surface area contributed by atoms with E-state index >= 15 is 0 Å². The molecular weight excluding hydrogens is 275 g/mol. The van der Waals surface area contributed by atoms with Gasteiger partial charge < -0.3 is 10.5 Å². The maximum atomic E-state index is 5.97. The van der Waals surface area contributed by atoms with E-state index < -0.39 is 0 Å². The van der Waals surface area contributed by atoms with Gasteiger partial charge in [0.25, 0.3) is 0 Å². The standard InChI is InChI=1S/C11H12Cl2N4O/c12-8-1-2-10(13)11(5-8)18-4-3-17-7-9(6-14)15-16-17/h1-2,5,7H,3-4,6,14H2. The molecule has 0 unspecified atom stereocenters. The van der Waals surface area contributed by atoms with Crippen LogP contribution in [0.4, 0.5) is 0 Å². The molecule has 0 fully saturated rings. The summed E-state index contributed by atoms with van der Waals surface area (Å²) in [6.45, 7) is 1.37. The van der Waals surface area contributed by atoms with Gasteiger partial charge in [0.1, 0.15) is 12.4 Å². The summed E-state index contributed by atoms with van der Waals surface area (Å²) in [6, 6.07) is 5.08. The molecule has 7 heteroatoms. The molecule has 0 aliphatic carbocycles. The number of halogens is 2. The van der Waals surface area contributed by atoms with Gasteiger partial charge in [-0.3, -0.25) is 0 Å². The summed E-state index contributed by atoms with van der Waals surface area (Å²) in [5.74, 6) is 0.559. The molecule has 1 aromatic carbocycles. The van der Waals surface area contributed by atoms with Crippen LogP contribution < -0.4 is 10.5 Å². The fraction of sp³-hybridized carbons (Fsp3) is 0.273. The molecule has 0 aliphatic heterocycles. The highest BCUT2D eigenvalue weighted by atomic mass is 35.5. The normalized spacial score (nSPS) is 10.6. The maximum Gasteiger partial charge on any atom is 0.139 e. The molecule has 0 amide bonds. The van der Waals surface area contributed by atoms with E-state index in [1.54, 1.807) is 29.1 Å². The molecule has 0 spiro atoms. The third-order valence-corrected chi connectivity index (χ3v) is 2.81. The van der Waals surface area contributed by atoms with Gasteiger partial charge in [0.2, 0.25) is 0 Å². The van der Waals surface area contributed by atoms with E-state index in [2.05, 4.69) is 10.3 Å². The Morgan fingerprint density at radius 3 is 2.89 bits per heavy atom. The van der Waals surface area contributed by atoms with Crippen molar-refractivity contribution in [2.24, 2.45) is 5.73 Å². The lowest BCUT2D eigenvalue weighted by Crippen LogP contribution is -2.09. The second-order valence-electron chi connectivity index (χ2n) is 3.60. The number of benzene rings is 1. The maximum absolute atomic E-state index is 5.97. The molecule has 0 aliphatic rings. The van der Waals surface area contributed by atoms with Crippen molar-refractivity contribution in [1.82, 2.24) is 15.0 Å². The zero-order chi connectivity index (χ0) is 13.0. The van der Waals surface area contributed by atoms with Crippen molar-refractivity contribution in [3.63, 3.8) is 0 Å². The first-order valence-electron chi connectivity index (χ1n) is 5.36. The largest absolute Gasteiger partial charge is 0.490 e. The number of rotatable bonds is 5. The zero-order valence-corrected chi connectivity index (χ0v) is 11.0. The summed E-state index contributed by atoms with van der Waals surface area (Å²) in [5.41, 5.74) is 6.19. The first-order chi connectivity index (χ1) is 8.69. The second kappa shape index (κ2) is 6.04. The lowest BCUT2D eigenvalue weighted by atomic mass is 10.3. The van der Waals surface area contributed by atoms with Crippen molar-refractivity contribution >= 4 is 23.2 Å². The third kappa shape index (κ3) is 3.35. The van der Waals surface area contributed by atoms with Gasteiger partial charge >= 0.3 is 0 Å². The van der Waals surface area contributed by atoms with Gasteiger partial charge in [-0.2, -0.15) is 0 Å². The molecular formula is C11H12Cl2N4O. The van der Waals surface area contributed by atoms with Gasteiger partial charge in [-0.05, 0) is 12.1 Å². The molecule has 0 radical (unpaired) electrons. The second-order valence-corrected chi connectivity index (χ2v) is 4.44. The highest BCUT2D eigenvalue weighted by Crippen LogP contribution is 2.27. The predicted octanol–water partition coefficient (Wildman–Crippen LogP) is 2.12. The molecule has 18 heavy (non-hydrogen) atoms. The molecule has 96 valence electrons. The molecule has 0 bridgehead atoms. The van der Waals surface area contributed by atoms with Crippen molar-refractivity contribution in [3.05, 3.63) is 40.1 Å². The molecule has 1 aromatic heterocycles. The van der Waals surface area contributed by atoms with E-state index in [-0.39, 0.29) is 0 Å². The van der Waals surface area contributed by atoms with Crippen molar-refractivity contribution in [1.29, 1.82) is 0 Å². The van der Waals surface area contributed by atoms with Crippen LogP contribution in [0.1, 0.15) is 5.69 Å². The Kier molecular flexibility index (Phi) is 4.41. The summed E-state index contributed by atoms with van der Waals surface area (Å²) in [5, 5.41) is 8.90. The van der Waals surface area contributed by atoms with Crippen LogP contribution in [0.2, 0.25) is 10.0 Å². The first kappa shape index (κ1) is 13.1. The van der Waals surface area contributed by atoms with E-state index in [1.807, 2.05) is 0 Å². The summed E-state index contributed by atoms with van der Waals surface area (Å²) in [6.07, 6.45) is 1.78. The number of hydrogen-bond donors (Lipinski definition) is 1. The van der Waals surface area contributed by atoms with Gasteiger partial charge in [-0.25, -0.2) is 4.68 Å². The monoisotopic (exact) mass is 286 g/mol. The third-order valence-electron chi connectivity index (χ3n) is 2.27. The van der Waals surface area contributed by atoms with Crippen LogP contribution in [0.3, 0.4) is 0 Å². The van der Waals surface area contributed by atoms with Gasteiger partial charge in [0.05, 0.1) is 17.3 Å². The predicted molar refractivity (Wildman–Crippen MR) is 69.9 cm³/mol. The van der Waals surface area contributed by atoms with Crippen LogP contribution >= 0.6 is 23.2 Å². The van der Waals surface area contributed by atoms with Crippen molar-refractivity contribution in [2.45, 2.75) is 13.1 Å². The summed E-state index contributed by atoms with van der Waals surface area (Å²) in [7, 11) is 0. The smallest absolute Gasteiger partial charge is 0.139 e. The van der Waals surface area contributed by atoms with Crippen molar-refractivity contribution in [3.8, 4) is 5.75 Å². The quantitative estimate of drug-likeness (QED) is 0.914. The molecule has 5 nitrogen and oxygen atoms in total. The van der Waals surface area contributed by atoms with Gasteiger partial charge in [0.15, 0.2) is 0 Å². The minimum absolute atomic E-state index is 0.376. The molecule has 0 saturated heterocycles. The number of aromatic nitrogens is 3. The number of hydrogen-bond acceptors (Lipinski definition) is 4. The average molecular weight is 287 g/mol. The molecule has 0 atom stereocenters. The van der Waals surface area contributed by atoms with E-state index in [0.717, 1.165) is 5.69 Å². The van der Waals surface area contributed by atoms with E-state index in [0.29, 0.717) is 35.5 Å². The lowest BCUT2D eigenvalue weighted by molar-refractivity contribution is 0.290. The average Bonchev–Trinajstić information content (AvgIpc) is 2.81.